The van der Waals surface area contributed by atoms with Crippen molar-refractivity contribution in [1.82, 2.24) is 15.0 Å². The summed E-state index contributed by atoms with van der Waals surface area (Å²) in [6.45, 7) is 6.04. The number of fused-ring (bicyclic) bond motifs is 1. The summed E-state index contributed by atoms with van der Waals surface area (Å²) in [7, 11) is -2.33. The fourth-order valence-electron chi connectivity index (χ4n) is 3.41. The fourth-order valence-corrected chi connectivity index (χ4v) is 4.03. The summed E-state index contributed by atoms with van der Waals surface area (Å²) < 4.78 is 22.6. The third-order valence-corrected chi connectivity index (χ3v) is 6.74. The summed E-state index contributed by atoms with van der Waals surface area (Å²) in [5.41, 5.74) is 3.00. The Hall–Kier alpha value is -2.32. The first-order chi connectivity index (χ1) is 13.5. The van der Waals surface area contributed by atoms with Gasteiger partial charge in [-0.25, -0.2) is 14.2 Å². The van der Waals surface area contributed by atoms with E-state index in [2.05, 4.69) is 38.3 Å². The van der Waals surface area contributed by atoms with Crippen molar-refractivity contribution in [2.24, 2.45) is 4.36 Å². The van der Waals surface area contributed by atoms with Crippen LogP contribution in [0, 0.1) is 0 Å². The molecule has 2 aromatic heterocycles. The van der Waals surface area contributed by atoms with Crippen LogP contribution in [-0.4, -0.2) is 57.0 Å². The second kappa shape index (κ2) is 7.60. The highest BCUT2D eigenvalue weighted by molar-refractivity contribution is 7.93. The molecule has 1 fully saturated rings. The largest absolute Gasteiger partial charge is 0.377 e. The first-order valence-electron chi connectivity index (χ1n) is 9.55. The standard InChI is InChI=1S/C20H25N5O2S/c1-4-28(3,26)24-18-12-19(25-10-11-27-13-14(25)2)23-20(22-18)16-8-9-21-17-7-5-6-15(16)17/h5-6,8-9,12,14H,4,7,10-11,13H2,1-3H3/t14-,28+/m1/s1. The van der Waals surface area contributed by atoms with Crippen molar-refractivity contribution in [1.29, 1.82) is 0 Å². The van der Waals surface area contributed by atoms with Crippen molar-refractivity contribution in [2.75, 3.05) is 36.7 Å². The summed E-state index contributed by atoms with van der Waals surface area (Å²) in [5.74, 6) is 2.31. The van der Waals surface area contributed by atoms with Crippen LogP contribution in [0.1, 0.15) is 25.1 Å². The van der Waals surface area contributed by atoms with Gasteiger partial charge in [-0.1, -0.05) is 19.1 Å². The summed E-state index contributed by atoms with van der Waals surface area (Å²) in [6, 6.07) is 3.97. The first-order valence-corrected chi connectivity index (χ1v) is 11.6. The molecule has 3 heterocycles. The Morgan fingerprint density at radius 1 is 1.39 bits per heavy atom. The number of hydrogen-bond donors (Lipinski definition) is 0. The molecule has 28 heavy (non-hydrogen) atoms. The molecule has 4 rings (SSSR count). The van der Waals surface area contributed by atoms with E-state index in [4.69, 9.17) is 9.72 Å². The molecule has 0 aromatic carbocycles. The van der Waals surface area contributed by atoms with Gasteiger partial charge in [-0.3, -0.25) is 4.98 Å². The lowest BCUT2D eigenvalue weighted by Crippen LogP contribution is -2.44. The molecule has 0 saturated carbocycles. The highest BCUT2D eigenvalue weighted by atomic mass is 32.2. The van der Waals surface area contributed by atoms with Crippen LogP contribution >= 0.6 is 0 Å². The molecule has 148 valence electrons. The van der Waals surface area contributed by atoms with Gasteiger partial charge in [0.05, 0.1) is 34.7 Å². The third-order valence-electron chi connectivity index (χ3n) is 5.09. The van der Waals surface area contributed by atoms with E-state index in [-0.39, 0.29) is 6.04 Å². The van der Waals surface area contributed by atoms with Gasteiger partial charge >= 0.3 is 0 Å². The van der Waals surface area contributed by atoms with Crippen molar-refractivity contribution < 1.29 is 8.95 Å². The van der Waals surface area contributed by atoms with E-state index in [0.717, 1.165) is 35.6 Å². The van der Waals surface area contributed by atoms with Crippen LogP contribution in [0.15, 0.2) is 28.8 Å². The Labute approximate surface area is 166 Å². The predicted molar refractivity (Wildman–Crippen MR) is 112 cm³/mol. The third kappa shape index (κ3) is 3.79. The molecule has 0 radical (unpaired) electrons. The summed E-state index contributed by atoms with van der Waals surface area (Å²) >= 11 is 0. The molecule has 2 aliphatic rings. The lowest BCUT2D eigenvalue weighted by molar-refractivity contribution is 0.0985. The van der Waals surface area contributed by atoms with E-state index in [1.807, 2.05) is 19.1 Å². The van der Waals surface area contributed by atoms with Crippen LogP contribution in [0.25, 0.3) is 17.5 Å². The zero-order chi connectivity index (χ0) is 19.7. The van der Waals surface area contributed by atoms with Crippen LogP contribution in [0.2, 0.25) is 0 Å². The Morgan fingerprint density at radius 3 is 3.04 bits per heavy atom. The smallest absolute Gasteiger partial charge is 0.167 e. The van der Waals surface area contributed by atoms with Gasteiger partial charge < -0.3 is 9.64 Å². The monoisotopic (exact) mass is 399 g/mol. The molecule has 0 bridgehead atoms. The molecule has 0 N–H and O–H groups in total. The number of morpholine rings is 1. The van der Waals surface area contributed by atoms with Crippen LogP contribution in [0.4, 0.5) is 11.6 Å². The molecule has 8 heteroatoms. The molecule has 1 aliphatic heterocycles. The first kappa shape index (κ1) is 19.0. The van der Waals surface area contributed by atoms with Crippen LogP contribution in [0.5, 0.6) is 0 Å². The maximum absolute atomic E-state index is 12.6. The van der Waals surface area contributed by atoms with Crippen LogP contribution in [-0.2, 0) is 20.9 Å². The number of hydrogen-bond acceptors (Lipinski definition) is 7. The number of nitrogens with zero attached hydrogens (tertiary/aromatic N) is 5. The molecule has 0 spiro atoms. The average Bonchev–Trinajstić information content (AvgIpc) is 3.16. The molecular weight excluding hydrogens is 374 g/mol. The lowest BCUT2D eigenvalue weighted by Gasteiger charge is -2.34. The zero-order valence-electron chi connectivity index (χ0n) is 16.5. The molecule has 2 atom stereocenters. The van der Waals surface area contributed by atoms with E-state index in [0.29, 0.717) is 30.6 Å². The van der Waals surface area contributed by atoms with Gasteiger partial charge in [0.2, 0.25) is 0 Å². The topological polar surface area (TPSA) is 80.6 Å². The number of ether oxygens (including phenoxy) is 1. The predicted octanol–water partition coefficient (Wildman–Crippen LogP) is 3.08. The van der Waals surface area contributed by atoms with Gasteiger partial charge in [-0.15, -0.1) is 0 Å². The number of allylic oxidation sites excluding steroid dienone is 1. The molecule has 0 unspecified atom stereocenters. The van der Waals surface area contributed by atoms with Crippen molar-refractivity contribution in [3.05, 3.63) is 35.7 Å². The number of aromatic nitrogens is 3. The van der Waals surface area contributed by atoms with E-state index in [9.17, 15) is 4.21 Å². The number of pyridine rings is 1. The lowest BCUT2D eigenvalue weighted by atomic mass is 10.1. The van der Waals surface area contributed by atoms with Gasteiger partial charge in [-0.2, -0.15) is 4.36 Å². The second-order valence-electron chi connectivity index (χ2n) is 7.19. The molecule has 2 aromatic rings. The molecular formula is C20H25N5O2S. The second-order valence-corrected chi connectivity index (χ2v) is 9.87. The van der Waals surface area contributed by atoms with Crippen molar-refractivity contribution in [3.63, 3.8) is 0 Å². The van der Waals surface area contributed by atoms with E-state index in [1.165, 1.54) is 0 Å². The SMILES string of the molecule is CC[S@](C)(=O)=Nc1cc(N2CCOC[C@H]2C)nc(-c2ccnc3c2C=CC3)n1. The van der Waals surface area contributed by atoms with E-state index in [1.54, 1.807) is 12.5 Å². The minimum Gasteiger partial charge on any atom is -0.377 e. The number of rotatable bonds is 4. The quantitative estimate of drug-likeness (QED) is 0.786. The molecule has 1 saturated heterocycles. The van der Waals surface area contributed by atoms with E-state index < -0.39 is 9.73 Å². The van der Waals surface area contributed by atoms with Crippen LogP contribution in [0.3, 0.4) is 0 Å². The van der Waals surface area contributed by atoms with Crippen LogP contribution < -0.4 is 4.90 Å². The Morgan fingerprint density at radius 2 is 2.25 bits per heavy atom. The average molecular weight is 400 g/mol. The highest BCUT2D eigenvalue weighted by Crippen LogP contribution is 2.31. The molecule has 0 amide bonds. The minimum absolute atomic E-state index is 0.199. The summed E-state index contributed by atoms with van der Waals surface area (Å²) in [5, 5.41) is 0. The van der Waals surface area contributed by atoms with E-state index >= 15 is 0 Å². The highest BCUT2D eigenvalue weighted by Gasteiger charge is 2.23. The Balaban J connectivity index is 1.88. The number of anilines is 1. The molecule has 1 aliphatic carbocycles. The van der Waals surface area contributed by atoms with Gasteiger partial charge in [0, 0.05) is 48.4 Å². The van der Waals surface area contributed by atoms with Gasteiger partial charge in [0.25, 0.3) is 0 Å². The van der Waals surface area contributed by atoms with Crippen molar-refractivity contribution in [2.45, 2.75) is 26.3 Å². The minimum atomic E-state index is -2.33. The van der Waals surface area contributed by atoms with Crippen molar-refractivity contribution in [3.8, 4) is 11.4 Å². The normalized spacial score (nSPS) is 20.7. The van der Waals surface area contributed by atoms with Gasteiger partial charge in [0.15, 0.2) is 11.6 Å². The maximum atomic E-state index is 12.6. The van der Waals surface area contributed by atoms with Gasteiger partial charge in [-0.05, 0) is 13.0 Å². The Bertz CT molecular complexity index is 1040. The zero-order valence-corrected chi connectivity index (χ0v) is 17.3. The Kier molecular flexibility index (Phi) is 5.16. The summed E-state index contributed by atoms with van der Waals surface area (Å²) in [4.78, 5) is 16.2. The van der Waals surface area contributed by atoms with Gasteiger partial charge in [0.1, 0.15) is 5.82 Å². The fraction of sp³-hybridized carbons (Fsp3) is 0.450. The summed E-state index contributed by atoms with van der Waals surface area (Å²) in [6.07, 6.45) is 8.44. The molecule has 7 nitrogen and oxygen atoms in total. The maximum Gasteiger partial charge on any atom is 0.167 e. The van der Waals surface area contributed by atoms with Crippen molar-refractivity contribution >= 4 is 27.4 Å².